The summed E-state index contributed by atoms with van der Waals surface area (Å²) in [5.41, 5.74) is 4.60. The van der Waals surface area contributed by atoms with E-state index >= 15 is 0 Å². The number of pyridine rings is 2. The van der Waals surface area contributed by atoms with E-state index in [9.17, 15) is 4.79 Å². The lowest BCUT2D eigenvalue weighted by atomic mass is 9.89. The van der Waals surface area contributed by atoms with Gasteiger partial charge in [0.05, 0.1) is 5.56 Å². The van der Waals surface area contributed by atoms with Crippen molar-refractivity contribution in [2.75, 3.05) is 10.2 Å². The zero-order valence-corrected chi connectivity index (χ0v) is 22.3. The van der Waals surface area contributed by atoms with Crippen LogP contribution in [-0.4, -0.2) is 28.1 Å². The van der Waals surface area contributed by atoms with Gasteiger partial charge in [0, 0.05) is 42.9 Å². The molecule has 0 aliphatic heterocycles. The van der Waals surface area contributed by atoms with E-state index in [0.717, 1.165) is 53.9 Å². The van der Waals surface area contributed by atoms with Crippen LogP contribution in [0.4, 0.5) is 16.3 Å². The number of hydrogen-bond acceptors (Lipinski definition) is 5. The van der Waals surface area contributed by atoms with Crippen LogP contribution in [0.5, 0.6) is 0 Å². The van der Waals surface area contributed by atoms with E-state index in [-0.39, 0.29) is 30.5 Å². The van der Waals surface area contributed by atoms with Gasteiger partial charge in [-0.1, -0.05) is 48.5 Å². The van der Waals surface area contributed by atoms with Crippen LogP contribution >= 0.6 is 12.4 Å². The first-order valence-electron chi connectivity index (χ1n) is 12.9. The molecule has 2 amide bonds. The van der Waals surface area contributed by atoms with Gasteiger partial charge in [0.2, 0.25) is 0 Å². The number of rotatable bonds is 7. The van der Waals surface area contributed by atoms with E-state index in [4.69, 9.17) is 5.26 Å². The predicted molar refractivity (Wildman–Crippen MR) is 157 cm³/mol. The highest BCUT2D eigenvalue weighted by Gasteiger charge is 2.30. The van der Waals surface area contributed by atoms with Crippen molar-refractivity contribution < 1.29 is 4.79 Å². The molecule has 2 heterocycles. The van der Waals surface area contributed by atoms with Crippen molar-refractivity contribution in [3.05, 3.63) is 109 Å². The van der Waals surface area contributed by atoms with Crippen molar-refractivity contribution >= 4 is 29.9 Å². The van der Waals surface area contributed by atoms with Crippen molar-refractivity contribution in [1.82, 2.24) is 15.3 Å². The molecule has 0 atom stereocenters. The van der Waals surface area contributed by atoms with Crippen molar-refractivity contribution in [2.24, 2.45) is 0 Å². The standard InChI is InChI=1S/C31H30N6O.ClH/c32-19-24-8-17-30(34-21-24)36-27-11-15-29(16-12-27)37(31(38)35-20-23-5-2-1-3-6-23)28-13-9-25(10-14-28)26-7-4-18-33-22-26;/h1-10,13-14,17-18,21-22,27,29H,11-12,15-16,20H2,(H,34,36)(H,35,38);1H/t27-,29-;. The number of nitrogens with one attached hydrogen (secondary N) is 2. The molecule has 4 aromatic rings. The van der Waals surface area contributed by atoms with Gasteiger partial charge in [-0.25, -0.2) is 9.78 Å². The van der Waals surface area contributed by atoms with Crippen LogP contribution in [0, 0.1) is 11.3 Å². The van der Waals surface area contributed by atoms with Gasteiger partial charge in [-0.3, -0.25) is 9.88 Å². The number of urea groups is 1. The zero-order chi connectivity index (χ0) is 26.2. The molecule has 1 aliphatic rings. The van der Waals surface area contributed by atoms with Crippen molar-refractivity contribution in [1.29, 1.82) is 5.26 Å². The Morgan fingerprint density at radius 1 is 0.897 bits per heavy atom. The molecule has 0 saturated heterocycles. The molecular weight excluding hydrogens is 508 g/mol. The fourth-order valence-corrected chi connectivity index (χ4v) is 4.93. The molecule has 198 valence electrons. The lowest BCUT2D eigenvalue weighted by Gasteiger charge is -2.37. The maximum Gasteiger partial charge on any atom is 0.322 e. The van der Waals surface area contributed by atoms with Crippen LogP contribution in [0.2, 0.25) is 0 Å². The topological polar surface area (TPSA) is 93.9 Å². The molecule has 0 unspecified atom stereocenters. The van der Waals surface area contributed by atoms with Crippen LogP contribution in [0.1, 0.15) is 36.8 Å². The third-order valence-corrected chi connectivity index (χ3v) is 6.95. The minimum absolute atomic E-state index is 0. The highest BCUT2D eigenvalue weighted by molar-refractivity contribution is 5.93. The first-order valence-corrected chi connectivity index (χ1v) is 12.9. The van der Waals surface area contributed by atoms with Crippen molar-refractivity contribution in [2.45, 2.75) is 44.3 Å². The SMILES string of the molecule is Cl.N#Cc1ccc(N[C@H]2CC[C@H](N(C(=O)NCc3ccccc3)c3ccc(-c4cccnc4)cc3)CC2)nc1. The fraction of sp³-hybridized carbons (Fsp3) is 0.226. The summed E-state index contributed by atoms with van der Waals surface area (Å²) in [5.74, 6) is 0.774. The number of nitriles is 1. The number of amides is 2. The highest BCUT2D eigenvalue weighted by atomic mass is 35.5. The molecule has 8 heteroatoms. The summed E-state index contributed by atoms with van der Waals surface area (Å²) in [7, 11) is 0. The van der Waals surface area contributed by atoms with E-state index < -0.39 is 0 Å². The fourth-order valence-electron chi connectivity index (χ4n) is 4.93. The monoisotopic (exact) mass is 538 g/mol. The number of hydrogen-bond donors (Lipinski definition) is 2. The smallest absolute Gasteiger partial charge is 0.322 e. The van der Waals surface area contributed by atoms with Crippen LogP contribution in [0.3, 0.4) is 0 Å². The summed E-state index contributed by atoms with van der Waals surface area (Å²) in [6.45, 7) is 0.477. The lowest BCUT2D eigenvalue weighted by Crippen LogP contribution is -2.48. The largest absolute Gasteiger partial charge is 0.367 e. The Bertz CT molecular complexity index is 1370. The summed E-state index contributed by atoms with van der Waals surface area (Å²) in [4.78, 5) is 24.0. The van der Waals surface area contributed by atoms with Gasteiger partial charge >= 0.3 is 6.03 Å². The normalized spacial score (nSPS) is 16.3. The molecule has 2 N–H and O–H groups in total. The van der Waals surface area contributed by atoms with Crippen molar-refractivity contribution in [3.8, 4) is 17.2 Å². The molecule has 7 nitrogen and oxygen atoms in total. The average Bonchev–Trinajstić information content (AvgIpc) is 2.99. The van der Waals surface area contributed by atoms with E-state index in [1.165, 1.54) is 0 Å². The van der Waals surface area contributed by atoms with E-state index in [2.05, 4.69) is 26.7 Å². The second kappa shape index (κ2) is 13.4. The van der Waals surface area contributed by atoms with Crippen molar-refractivity contribution in [3.63, 3.8) is 0 Å². The number of nitrogens with zero attached hydrogens (tertiary/aromatic N) is 4. The Morgan fingerprint density at radius 3 is 2.31 bits per heavy atom. The summed E-state index contributed by atoms with van der Waals surface area (Å²) in [6, 6.07) is 28.0. The number of carbonyl (C=O) groups excluding carboxylic acids is 1. The van der Waals surface area contributed by atoms with Gasteiger partial charge in [-0.15, -0.1) is 12.4 Å². The molecular formula is C31H31ClN6O. The molecule has 5 rings (SSSR count). The lowest BCUT2D eigenvalue weighted by molar-refractivity contribution is 0.240. The molecule has 0 radical (unpaired) electrons. The van der Waals surface area contributed by atoms with Crippen LogP contribution in [0.25, 0.3) is 11.1 Å². The van der Waals surface area contributed by atoms with Gasteiger partial charge in [0.1, 0.15) is 11.9 Å². The number of anilines is 2. The maximum atomic E-state index is 13.6. The predicted octanol–water partition coefficient (Wildman–Crippen LogP) is 6.58. The van der Waals surface area contributed by atoms with Crippen LogP contribution in [0.15, 0.2) is 97.5 Å². The first kappa shape index (κ1) is 27.6. The molecule has 2 aromatic carbocycles. The summed E-state index contributed by atoms with van der Waals surface area (Å²) >= 11 is 0. The first-order chi connectivity index (χ1) is 18.7. The third kappa shape index (κ3) is 7.13. The Labute approximate surface area is 235 Å². The minimum Gasteiger partial charge on any atom is -0.367 e. The Morgan fingerprint density at radius 2 is 1.67 bits per heavy atom. The number of benzene rings is 2. The Balaban J connectivity index is 0.00000353. The van der Waals surface area contributed by atoms with Gasteiger partial charge in [0.25, 0.3) is 0 Å². The number of carbonyl (C=O) groups is 1. The second-order valence-corrected chi connectivity index (χ2v) is 9.50. The van der Waals surface area contributed by atoms with E-state index in [1.807, 2.05) is 83.9 Å². The van der Waals surface area contributed by atoms with Gasteiger partial charge in [-0.05, 0) is 72.7 Å². The van der Waals surface area contributed by atoms with E-state index in [0.29, 0.717) is 12.1 Å². The average molecular weight is 539 g/mol. The van der Waals surface area contributed by atoms with Gasteiger partial charge in [0.15, 0.2) is 0 Å². The summed E-state index contributed by atoms with van der Waals surface area (Å²) in [5, 5.41) is 15.6. The van der Waals surface area contributed by atoms with Crippen LogP contribution in [-0.2, 0) is 6.54 Å². The van der Waals surface area contributed by atoms with Gasteiger partial charge < -0.3 is 10.6 Å². The summed E-state index contributed by atoms with van der Waals surface area (Å²) < 4.78 is 0. The number of aromatic nitrogens is 2. The van der Waals surface area contributed by atoms with Crippen LogP contribution < -0.4 is 15.5 Å². The molecule has 1 fully saturated rings. The van der Waals surface area contributed by atoms with E-state index in [1.54, 1.807) is 18.5 Å². The zero-order valence-electron chi connectivity index (χ0n) is 21.5. The molecule has 1 aliphatic carbocycles. The molecule has 1 saturated carbocycles. The molecule has 39 heavy (non-hydrogen) atoms. The summed E-state index contributed by atoms with van der Waals surface area (Å²) in [6.07, 6.45) is 8.77. The number of halogens is 1. The third-order valence-electron chi connectivity index (χ3n) is 6.95. The Kier molecular flexibility index (Phi) is 9.49. The molecule has 0 bridgehead atoms. The molecule has 0 spiro atoms. The van der Waals surface area contributed by atoms with Gasteiger partial charge in [-0.2, -0.15) is 5.26 Å². The highest BCUT2D eigenvalue weighted by Crippen LogP contribution is 2.31. The molecule has 2 aromatic heterocycles. The Hall–Kier alpha value is -4.41. The minimum atomic E-state index is -0.0897. The quantitative estimate of drug-likeness (QED) is 0.277. The second-order valence-electron chi connectivity index (χ2n) is 9.50. The maximum absolute atomic E-state index is 13.6.